The number of furan rings is 1. The van der Waals surface area contributed by atoms with Gasteiger partial charge in [-0.3, -0.25) is 9.59 Å². The van der Waals surface area contributed by atoms with Crippen LogP contribution in [0, 0.1) is 6.92 Å². The molecule has 0 aliphatic carbocycles. The molecule has 1 aromatic carbocycles. The van der Waals surface area contributed by atoms with Gasteiger partial charge >= 0.3 is 0 Å². The number of nitrogens with two attached hydrogens (primary N) is 1. The lowest BCUT2D eigenvalue weighted by Crippen LogP contribution is -2.53. The fourth-order valence-electron chi connectivity index (χ4n) is 3.07. The summed E-state index contributed by atoms with van der Waals surface area (Å²) in [4.78, 5) is 25.4. The summed E-state index contributed by atoms with van der Waals surface area (Å²) in [5.74, 6) is -0.932. The molecule has 2 N–H and O–H groups in total. The Labute approximate surface area is 179 Å². The Hall–Kier alpha value is -2.56. The Morgan fingerprint density at radius 1 is 1.17 bits per heavy atom. The topological polar surface area (TPSA) is 123 Å². The number of hydrogen-bond acceptors (Lipinski definition) is 6. The summed E-state index contributed by atoms with van der Waals surface area (Å²) < 4.78 is 37.3. The van der Waals surface area contributed by atoms with Crippen LogP contribution in [0.5, 0.6) is 5.75 Å². The number of sulfonamides is 1. The molecule has 162 valence electrons. The SMILES string of the molecule is Cc1ccc(Cl)c(OC(C)C(=O)N2CCN(S(=O)(=O)c3ccc(C(N)=O)o3)CC2)c1. The van der Waals surface area contributed by atoms with Crippen LogP contribution in [0.25, 0.3) is 0 Å². The van der Waals surface area contributed by atoms with E-state index in [0.29, 0.717) is 10.8 Å². The zero-order valence-electron chi connectivity index (χ0n) is 16.5. The Morgan fingerprint density at radius 3 is 2.43 bits per heavy atom. The summed E-state index contributed by atoms with van der Waals surface area (Å²) in [6, 6.07) is 7.69. The first-order chi connectivity index (χ1) is 14.1. The molecule has 3 rings (SSSR count). The molecule has 2 heterocycles. The quantitative estimate of drug-likeness (QED) is 0.706. The average molecular weight is 456 g/mol. The van der Waals surface area contributed by atoms with Crippen molar-refractivity contribution in [2.45, 2.75) is 25.0 Å². The van der Waals surface area contributed by atoms with E-state index in [1.807, 2.05) is 13.0 Å². The van der Waals surface area contributed by atoms with Crippen LogP contribution in [0.4, 0.5) is 0 Å². The second kappa shape index (κ2) is 8.66. The molecule has 1 aliphatic heterocycles. The van der Waals surface area contributed by atoms with Gasteiger partial charge in [0.15, 0.2) is 11.9 Å². The maximum Gasteiger partial charge on any atom is 0.284 e. The zero-order valence-corrected chi connectivity index (χ0v) is 18.1. The molecule has 2 amide bonds. The fourth-order valence-corrected chi connectivity index (χ4v) is 4.56. The van der Waals surface area contributed by atoms with E-state index in [0.717, 1.165) is 5.56 Å². The minimum Gasteiger partial charge on any atom is -0.479 e. The van der Waals surface area contributed by atoms with Crippen LogP contribution >= 0.6 is 11.6 Å². The Morgan fingerprint density at radius 2 is 1.83 bits per heavy atom. The number of ether oxygens (including phenoxy) is 1. The molecule has 2 aromatic rings. The number of carbonyl (C=O) groups is 2. The number of rotatable bonds is 6. The second-order valence-electron chi connectivity index (χ2n) is 6.91. The number of amides is 2. The van der Waals surface area contributed by atoms with E-state index in [4.69, 9.17) is 26.5 Å². The highest BCUT2D eigenvalue weighted by molar-refractivity contribution is 7.89. The van der Waals surface area contributed by atoms with E-state index in [-0.39, 0.29) is 42.9 Å². The molecular formula is C19H22ClN3O6S. The number of halogens is 1. The van der Waals surface area contributed by atoms with Gasteiger partial charge in [0.05, 0.1) is 5.02 Å². The fraction of sp³-hybridized carbons (Fsp3) is 0.368. The molecule has 1 aromatic heterocycles. The Balaban J connectivity index is 1.62. The largest absolute Gasteiger partial charge is 0.479 e. The molecule has 0 saturated carbocycles. The standard InChI is InChI=1S/C19H22ClN3O6S/c1-12-3-4-14(20)16(11-12)28-13(2)19(25)22-7-9-23(10-8-22)30(26,27)17-6-5-15(29-17)18(21)24/h3-6,11,13H,7-10H2,1-2H3,(H2,21,24). The lowest BCUT2D eigenvalue weighted by atomic mass is 10.2. The number of nitrogens with zero attached hydrogens (tertiary/aromatic N) is 2. The van der Waals surface area contributed by atoms with Crippen molar-refractivity contribution in [2.24, 2.45) is 5.73 Å². The molecule has 0 bridgehead atoms. The van der Waals surface area contributed by atoms with Crippen molar-refractivity contribution < 1.29 is 27.2 Å². The molecule has 0 radical (unpaired) electrons. The Kier molecular flexibility index (Phi) is 6.39. The number of aryl methyl sites for hydroxylation is 1. The first-order valence-corrected chi connectivity index (χ1v) is 11.0. The lowest BCUT2D eigenvalue weighted by molar-refractivity contribution is -0.139. The number of piperazine rings is 1. The molecule has 1 aliphatic rings. The summed E-state index contributed by atoms with van der Waals surface area (Å²) in [5.41, 5.74) is 6.05. The van der Waals surface area contributed by atoms with Gasteiger partial charge in [0.1, 0.15) is 5.75 Å². The summed E-state index contributed by atoms with van der Waals surface area (Å²) in [6.07, 6.45) is -0.782. The number of carbonyl (C=O) groups excluding carboxylic acids is 2. The van der Waals surface area contributed by atoms with Crippen molar-refractivity contribution in [1.82, 2.24) is 9.21 Å². The van der Waals surface area contributed by atoms with Crippen LogP contribution in [0.3, 0.4) is 0 Å². The van der Waals surface area contributed by atoms with Gasteiger partial charge in [-0.25, -0.2) is 8.42 Å². The molecule has 9 nitrogen and oxygen atoms in total. The number of hydrogen-bond donors (Lipinski definition) is 1. The molecule has 0 spiro atoms. The monoisotopic (exact) mass is 455 g/mol. The summed E-state index contributed by atoms with van der Waals surface area (Å²) in [7, 11) is -3.93. The highest BCUT2D eigenvalue weighted by Gasteiger charge is 2.34. The summed E-state index contributed by atoms with van der Waals surface area (Å²) in [5, 5.41) is 0.0480. The lowest BCUT2D eigenvalue weighted by Gasteiger charge is -2.34. The van der Waals surface area contributed by atoms with Gasteiger partial charge in [-0.1, -0.05) is 17.7 Å². The molecule has 1 saturated heterocycles. The minimum atomic E-state index is -3.93. The van der Waals surface area contributed by atoms with Crippen LogP contribution in [0.15, 0.2) is 39.8 Å². The second-order valence-corrected chi connectivity index (χ2v) is 9.18. The van der Waals surface area contributed by atoms with Gasteiger partial charge in [0, 0.05) is 26.2 Å². The predicted molar refractivity (Wildman–Crippen MR) is 109 cm³/mol. The van der Waals surface area contributed by atoms with Crippen LogP contribution in [0.2, 0.25) is 5.02 Å². The van der Waals surface area contributed by atoms with Crippen molar-refractivity contribution in [1.29, 1.82) is 0 Å². The van der Waals surface area contributed by atoms with E-state index in [1.54, 1.807) is 19.1 Å². The van der Waals surface area contributed by atoms with Gasteiger partial charge in [0.2, 0.25) is 5.09 Å². The number of primary amides is 1. The molecule has 30 heavy (non-hydrogen) atoms. The highest BCUT2D eigenvalue weighted by Crippen LogP contribution is 2.27. The van der Waals surface area contributed by atoms with Crippen LogP contribution in [-0.2, 0) is 14.8 Å². The maximum absolute atomic E-state index is 12.7. The van der Waals surface area contributed by atoms with Crippen molar-refractivity contribution >= 4 is 33.4 Å². The minimum absolute atomic E-state index is 0.0819. The third kappa shape index (κ3) is 4.61. The van der Waals surface area contributed by atoms with Gasteiger partial charge in [-0.05, 0) is 43.7 Å². The first-order valence-electron chi connectivity index (χ1n) is 9.21. The third-order valence-electron chi connectivity index (χ3n) is 4.71. The van der Waals surface area contributed by atoms with E-state index in [2.05, 4.69) is 0 Å². The van der Waals surface area contributed by atoms with Crippen molar-refractivity contribution in [3.8, 4) is 5.75 Å². The van der Waals surface area contributed by atoms with Crippen molar-refractivity contribution in [2.75, 3.05) is 26.2 Å². The first kappa shape index (κ1) is 22.1. The van der Waals surface area contributed by atoms with E-state index in [1.165, 1.54) is 21.3 Å². The molecule has 11 heteroatoms. The molecule has 1 atom stereocenters. The molecule has 1 fully saturated rings. The van der Waals surface area contributed by atoms with Crippen LogP contribution < -0.4 is 10.5 Å². The van der Waals surface area contributed by atoms with Gasteiger partial charge in [0.25, 0.3) is 21.8 Å². The molecular weight excluding hydrogens is 434 g/mol. The van der Waals surface area contributed by atoms with Gasteiger partial charge in [-0.15, -0.1) is 0 Å². The predicted octanol–water partition coefficient (Wildman–Crippen LogP) is 1.64. The normalized spacial score (nSPS) is 16.3. The van der Waals surface area contributed by atoms with Crippen LogP contribution in [-0.4, -0.2) is 61.7 Å². The third-order valence-corrected chi connectivity index (χ3v) is 6.79. The average Bonchev–Trinajstić information content (AvgIpc) is 3.22. The number of benzene rings is 1. The molecule has 1 unspecified atom stereocenters. The van der Waals surface area contributed by atoms with E-state index in [9.17, 15) is 18.0 Å². The van der Waals surface area contributed by atoms with E-state index >= 15 is 0 Å². The summed E-state index contributed by atoms with van der Waals surface area (Å²) in [6.45, 7) is 4.06. The summed E-state index contributed by atoms with van der Waals surface area (Å²) >= 11 is 6.12. The van der Waals surface area contributed by atoms with E-state index < -0.39 is 22.0 Å². The van der Waals surface area contributed by atoms with Gasteiger partial charge < -0.3 is 19.8 Å². The maximum atomic E-state index is 12.7. The van der Waals surface area contributed by atoms with Crippen molar-refractivity contribution in [3.63, 3.8) is 0 Å². The van der Waals surface area contributed by atoms with Crippen molar-refractivity contribution in [3.05, 3.63) is 46.7 Å². The van der Waals surface area contributed by atoms with Crippen LogP contribution in [0.1, 0.15) is 23.0 Å². The van der Waals surface area contributed by atoms with Gasteiger partial charge in [-0.2, -0.15) is 4.31 Å². The highest BCUT2D eigenvalue weighted by atomic mass is 35.5. The Bertz CT molecular complexity index is 1060. The zero-order chi connectivity index (χ0) is 22.1. The smallest absolute Gasteiger partial charge is 0.284 e.